The first kappa shape index (κ1) is 12.4. The summed E-state index contributed by atoms with van der Waals surface area (Å²) in [6.45, 7) is 2.90. The summed E-state index contributed by atoms with van der Waals surface area (Å²) in [4.78, 5) is 19.6. The Morgan fingerprint density at radius 3 is 3.20 bits per heavy atom. The molecule has 0 saturated carbocycles. The number of aromatic nitrogens is 3. The van der Waals surface area contributed by atoms with Gasteiger partial charge in [0, 0.05) is 37.8 Å². The lowest BCUT2D eigenvalue weighted by atomic mass is 10.1. The Kier molecular flexibility index (Phi) is 3.05. The predicted octanol–water partition coefficient (Wildman–Crippen LogP) is 0.477. The maximum absolute atomic E-state index is 11.9. The normalized spacial score (nSPS) is 27.0. The summed E-state index contributed by atoms with van der Waals surface area (Å²) in [6, 6.07) is 2.91. The van der Waals surface area contributed by atoms with Crippen molar-refractivity contribution in [3.63, 3.8) is 0 Å². The molecule has 2 aliphatic heterocycles. The van der Waals surface area contributed by atoms with Gasteiger partial charge in [-0.3, -0.25) is 9.69 Å². The molecule has 2 unspecified atom stereocenters. The second-order valence-electron chi connectivity index (χ2n) is 5.68. The van der Waals surface area contributed by atoms with Gasteiger partial charge in [0.05, 0.1) is 5.69 Å². The van der Waals surface area contributed by atoms with Crippen LogP contribution in [0.25, 0.3) is 4.96 Å². The van der Waals surface area contributed by atoms with Crippen LogP contribution >= 0.6 is 11.3 Å². The summed E-state index contributed by atoms with van der Waals surface area (Å²) in [5.74, 6) is 0. The van der Waals surface area contributed by atoms with Gasteiger partial charge in [-0.1, -0.05) is 11.3 Å². The lowest BCUT2D eigenvalue weighted by Crippen LogP contribution is -2.35. The molecule has 4 rings (SSSR count). The van der Waals surface area contributed by atoms with Crippen LogP contribution in [0.1, 0.15) is 25.0 Å². The van der Waals surface area contributed by atoms with Crippen LogP contribution < -0.4 is 10.9 Å². The molecule has 0 aliphatic carbocycles. The zero-order valence-electron chi connectivity index (χ0n) is 11.2. The third-order valence-corrected chi connectivity index (χ3v) is 4.91. The van der Waals surface area contributed by atoms with Crippen molar-refractivity contribution in [2.45, 2.75) is 37.9 Å². The Morgan fingerprint density at radius 1 is 1.35 bits per heavy atom. The largest absolute Gasteiger partial charge is 0.310 e. The molecule has 2 aliphatic rings. The Bertz CT molecular complexity index is 681. The van der Waals surface area contributed by atoms with Gasteiger partial charge in [0.2, 0.25) is 4.96 Å². The highest BCUT2D eigenvalue weighted by Crippen LogP contribution is 2.21. The molecule has 2 fully saturated rings. The van der Waals surface area contributed by atoms with Crippen molar-refractivity contribution in [3.8, 4) is 0 Å². The Morgan fingerprint density at radius 2 is 2.25 bits per heavy atom. The highest BCUT2D eigenvalue weighted by atomic mass is 32.1. The van der Waals surface area contributed by atoms with Crippen molar-refractivity contribution in [1.82, 2.24) is 24.8 Å². The Hall–Kier alpha value is -1.31. The quantitative estimate of drug-likeness (QED) is 0.872. The monoisotopic (exact) mass is 291 g/mol. The van der Waals surface area contributed by atoms with Crippen LogP contribution in [0, 0.1) is 0 Å². The standard InChI is InChI=1S/C13H17N5OS/c19-12-5-11(16-13-18(12)14-8-20-13)7-17-4-3-9-1-2-10(6-17)15-9/h5,8-10,15H,1-4,6-7H2. The van der Waals surface area contributed by atoms with Crippen LogP contribution in [0.2, 0.25) is 0 Å². The summed E-state index contributed by atoms with van der Waals surface area (Å²) >= 11 is 1.40. The molecule has 4 heterocycles. The zero-order chi connectivity index (χ0) is 13.5. The molecule has 2 aromatic heterocycles. The SMILES string of the molecule is O=c1cc(CN2CCC3CCC(C2)N3)nc2scnn12. The molecular weight excluding hydrogens is 274 g/mol. The van der Waals surface area contributed by atoms with E-state index in [1.807, 2.05) is 0 Å². The van der Waals surface area contributed by atoms with Gasteiger partial charge < -0.3 is 5.32 Å². The molecule has 0 radical (unpaired) electrons. The van der Waals surface area contributed by atoms with Crippen molar-refractivity contribution in [3.05, 3.63) is 27.6 Å². The van der Waals surface area contributed by atoms with E-state index in [1.54, 1.807) is 11.6 Å². The van der Waals surface area contributed by atoms with Gasteiger partial charge in [0.15, 0.2) is 0 Å². The molecule has 2 saturated heterocycles. The van der Waals surface area contributed by atoms with Gasteiger partial charge in [-0.15, -0.1) is 0 Å². The number of nitrogens with one attached hydrogen (secondary N) is 1. The molecule has 2 bridgehead atoms. The van der Waals surface area contributed by atoms with Gasteiger partial charge in [0.25, 0.3) is 5.56 Å². The van der Waals surface area contributed by atoms with Crippen molar-refractivity contribution >= 4 is 16.3 Å². The van der Waals surface area contributed by atoms with E-state index in [4.69, 9.17) is 0 Å². The van der Waals surface area contributed by atoms with Gasteiger partial charge in [-0.05, 0) is 19.3 Å². The molecule has 0 spiro atoms. The molecule has 20 heavy (non-hydrogen) atoms. The van der Waals surface area contributed by atoms with E-state index >= 15 is 0 Å². The number of rotatable bonds is 2. The van der Waals surface area contributed by atoms with Gasteiger partial charge >= 0.3 is 0 Å². The molecule has 106 valence electrons. The fraction of sp³-hybridized carbons (Fsp3) is 0.615. The van der Waals surface area contributed by atoms with E-state index < -0.39 is 0 Å². The predicted molar refractivity (Wildman–Crippen MR) is 77.0 cm³/mol. The summed E-state index contributed by atoms with van der Waals surface area (Å²) < 4.78 is 1.36. The van der Waals surface area contributed by atoms with Crippen LogP contribution in [0.5, 0.6) is 0 Å². The average molecular weight is 291 g/mol. The van der Waals surface area contributed by atoms with Gasteiger partial charge in [-0.25, -0.2) is 4.98 Å². The number of likely N-dealkylation sites (tertiary alicyclic amines) is 1. The van der Waals surface area contributed by atoms with Gasteiger partial charge in [-0.2, -0.15) is 9.61 Å². The maximum Gasteiger partial charge on any atom is 0.275 e. The number of nitrogens with zero attached hydrogens (tertiary/aromatic N) is 4. The first-order valence-electron chi connectivity index (χ1n) is 7.09. The average Bonchev–Trinajstić information content (AvgIpc) is 2.99. The van der Waals surface area contributed by atoms with E-state index in [0.29, 0.717) is 17.0 Å². The minimum absolute atomic E-state index is 0.0827. The number of hydrogen-bond donors (Lipinski definition) is 1. The molecule has 0 amide bonds. The minimum Gasteiger partial charge on any atom is -0.310 e. The zero-order valence-corrected chi connectivity index (χ0v) is 12.0. The lowest BCUT2D eigenvalue weighted by Gasteiger charge is -2.23. The van der Waals surface area contributed by atoms with E-state index in [2.05, 4.69) is 20.3 Å². The summed E-state index contributed by atoms with van der Waals surface area (Å²) in [5, 5.41) is 7.66. The number of hydrogen-bond acceptors (Lipinski definition) is 6. The molecule has 7 heteroatoms. The second-order valence-corrected chi connectivity index (χ2v) is 6.49. The van der Waals surface area contributed by atoms with Crippen molar-refractivity contribution in [2.24, 2.45) is 0 Å². The third kappa shape index (κ3) is 2.25. The summed E-state index contributed by atoms with van der Waals surface area (Å²) in [7, 11) is 0. The Balaban J connectivity index is 1.56. The van der Waals surface area contributed by atoms with Crippen molar-refractivity contribution in [1.29, 1.82) is 0 Å². The van der Waals surface area contributed by atoms with Gasteiger partial charge in [0.1, 0.15) is 5.51 Å². The fourth-order valence-corrected chi connectivity index (χ4v) is 3.91. The van der Waals surface area contributed by atoms with E-state index in [1.165, 1.54) is 35.1 Å². The van der Waals surface area contributed by atoms with E-state index in [9.17, 15) is 4.79 Å². The fourth-order valence-electron chi connectivity index (χ4n) is 3.27. The topological polar surface area (TPSA) is 62.5 Å². The van der Waals surface area contributed by atoms with Crippen molar-refractivity contribution in [2.75, 3.05) is 13.1 Å². The third-order valence-electron chi connectivity index (χ3n) is 4.23. The van der Waals surface area contributed by atoms with Crippen LogP contribution in [0.3, 0.4) is 0 Å². The first-order valence-corrected chi connectivity index (χ1v) is 7.97. The molecular formula is C13H17N5OS. The van der Waals surface area contributed by atoms with Crippen LogP contribution in [-0.2, 0) is 6.54 Å². The van der Waals surface area contributed by atoms with Crippen LogP contribution in [0.15, 0.2) is 16.4 Å². The van der Waals surface area contributed by atoms with Crippen LogP contribution in [-0.4, -0.2) is 44.7 Å². The first-order chi connectivity index (χ1) is 9.78. The highest BCUT2D eigenvalue weighted by molar-refractivity contribution is 7.14. The van der Waals surface area contributed by atoms with Crippen molar-refractivity contribution < 1.29 is 0 Å². The van der Waals surface area contributed by atoms with E-state index in [0.717, 1.165) is 25.3 Å². The maximum atomic E-state index is 11.9. The molecule has 1 N–H and O–H groups in total. The highest BCUT2D eigenvalue weighted by Gasteiger charge is 2.29. The molecule has 2 atom stereocenters. The minimum atomic E-state index is -0.0827. The summed E-state index contributed by atoms with van der Waals surface area (Å²) in [5.41, 5.74) is 2.43. The number of fused-ring (bicyclic) bond motifs is 3. The smallest absolute Gasteiger partial charge is 0.275 e. The molecule has 0 aromatic carbocycles. The van der Waals surface area contributed by atoms with E-state index in [-0.39, 0.29) is 5.56 Å². The molecule has 2 aromatic rings. The molecule has 6 nitrogen and oxygen atoms in total. The Labute approximate surface area is 120 Å². The summed E-state index contributed by atoms with van der Waals surface area (Å²) in [6.07, 6.45) is 3.77. The second kappa shape index (κ2) is 4.91. The lowest BCUT2D eigenvalue weighted by molar-refractivity contribution is 0.248. The van der Waals surface area contributed by atoms with Crippen LogP contribution in [0.4, 0.5) is 0 Å².